The molecule has 0 aliphatic carbocycles. The lowest BCUT2D eigenvalue weighted by atomic mass is 9.83. The van der Waals surface area contributed by atoms with Gasteiger partial charge in [0, 0.05) is 44.7 Å². The van der Waals surface area contributed by atoms with E-state index in [1.54, 1.807) is 51.9 Å². The normalized spacial score (nSPS) is 31.6. The zero-order chi connectivity index (χ0) is 39.6. The van der Waals surface area contributed by atoms with Crippen LogP contribution in [0.1, 0.15) is 78.4 Å². The molecule has 2 N–H and O–H groups in total. The Balaban J connectivity index is 1.71. The van der Waals surface area contributed by atoms with Crippen molar-refractivity contribution < 1.29 is 43.2 Å². The number of aryl methyl sites for hydroxylation is 1. The highest BCUT2D eigenvalue weighted by molar-refractivity contribution is 7.99. The molecule has 3 aliphatic heterocycles. The molecule has 2 saturated heterocycles. The van der Waals surface area contributed by atoms with Crippen molar-refractivity contribution in [3.8, 4) is 0 Å². The number of hydrogen-bond acceptors (Lipinski definition) is 10. The number of halogens is 1. The van der Waals surface area contributed by atoms with Crippen LogP contribution in [0.4, 0.5) is 10.5 Å². The first-order valence-corrected chi connectivity index (χ1v) is 19.6. The second-order valence-electron chi connectivity index (χ2n) is 15.5. The van der Waals surface area contributed by atoms with Crippen LogP contribution < -0.4 is 10.2 Å². The summed E-state index contributed by atoms with van der Waals surface area (Å²) in [7, 11) is 4.64. The number of fused-ring (bicyclic) bond motifs is 5. The van der Waals surface area contributed by atoms with Gasteiger partial charge in [-0.15, -0.1) is 0 Å². The van der Waals surface area contributed by atoms with E-state index in [4.69, 9.17) is 30.5 Å². The number of allylic oxidation sites excluding steroid dienone is 3. The Hall–Kier alpha value is -3.10. The smallest absolute Gasteiger partial charge is 0.409 e. The van der Waals surface area contributed by atoms with E-state index in [1.165, 1.54) is 16.9 Å². The standard InChI is InChI=1S/C39H56ClN3O9S/c1-22-13-12-14-29(49-10)39(48)21-28(50-36(47)41-39)24(3)34-38(7,52-34)30(20-32(45)43(9)27-19-26(17-22)18-23(2)33(27)40)51-35(46)25(4)42(8)31(44)15-16-37(5,6)53-11/h12-14,18-19,24-25,28-30,34,48H,15-17,20-21H2,1-11H3,(H,41,47)/b14-12+,22-13+. The van der Waals surface area contributed by atoms with E-state index >= 15 is 0 Å². The Morgan fingerprint density at radius 1 is 1.26 bits per heavy atom. The summed E-state index contributed by atoms with van der Waals surface area (Å²) in [4.78, 5) is 56.7. The molecule has 8 atom stereocenters. The molecule has 0 saturated carbocycles. The van der Waals surface area contributed by atoms with Crippen molar-refractivity contribution in [1.82, 2.24) is 10.2 Å². The fourth-order valence-corrected chi connectivity index (χ4v) is 7.48. The fourth-order valence-electron chi connectivity index (χ4n) is 6.94. The summed E-state index contributed by atoms with van der Waals surface area (Å²) in [6.45, 7) is 13.1. The third kappa shape index (κ3) is 9.77. The number of amides is 3. The molecule has 1 aromatic rings. The third-order valence-corrected chi connectivity index (χ3v) is 12.8. The summed E-state index contributed by atoms with van der Waals surface area (Å²) >= 11 is 8.45. The van der Waals surface area contributed by atoms with Gasteiger partial charge in [-0.2, -0.15) is 11.8 Å². The van der Waals surface area contributed by atoms with E-state index < -0.39 is 59.8 Å². The number of benzene rings is 1. The zero-order valence-electron chi connectivity index (χ0n) is 32.8. The van der Waals surface area contributed by atoms with Crippen molar-refractivity contribution in [2.24, 2.45) is 5.92 Å². The van der Waals surface area contributed by atoms with Crippen LogP contribution in [0, 0.1) is 12.8 Å². The largest absolute Gasteiger partial charge is 0.457 e. The van der Waals surface area contributed by atoms with Crippen LogP contribution in [0.5, 0.6) is 0 Å². The molecule has 8 unspecified atom stereocenters. The fraction of sp³-hybridized carbons (Fsp3) is 0.641. The molecule has 0 aromatic heterocycles. The van der Waals surface area contributed by atoms with Gasteiger partial charge in [0.1, 0.15) is 30.0 Å². The van der Waals surface area contributed by atoms with Gasteiger partial charge in [-0.3, -0.25) is 14.9 Å². The van der Waals surface area contributed by atoms with Crippen LogP contribution in [0.25, 0.3) is 0 Å². The molecule has 1 aromatic carbocycles. The van der Waals surface area contributed by atoms with E-state index in [1.807, 2.05) is 45.2 Å². The molecule has 294 valence electrons. The van der Waals surface area contributed by atoms with Crippen molar-refractivity contribution >= 4 is 52.9 Å². The molecular weight excluding hydrogens is 722 g/mol. The molecule has 4 bridgehead atoms. The number of esters is 1. The first kappa shape index (κ1) is 42.6. The molecular formula is C39H56ClN3O9S. The van der Waals surface area contributed by atoms with Gasteiger partial charge in [0.15, 0.2) is 5.72 Å². The van der Waals surface area contributed by atoms with Gasteiger partial charge < -0.3 is 33.9 Å². The highest BCUT2D eigenvalue weighted by atomic mass is 35.5. The molecule has 3 heterocycles. The van der Waals surface area contributed by atoms with Crippen LogP contribution in [-0.4, -0.2) is 108 Å². The van der Waals surface area contributed by atoms with E-state index in [0.717, 1.165) is 16.7 Å². The van der Waals surface area contributed by atoms with E-state index in [9.17, 15) is 24.3 Å². The number of nitrogens with zero attached hydrogens (tertiary/aromatic N) is 2. The van der Waals surface area contributed by atoms with Gasteiger partial charge >= 0.3 is 12.1 Å². The second-order valence-corrected chi connectivity index (χ2v) is 17.4. The maximum absolute atomic E-state index is 14.1. The van der Waals surface area contributed by atoms with Crippen LogP contribution in [0.3, 0.4) is 0 Å². The molecule has 0 spiro atoms. The second kappa shape index (κ2) is 16.7. The van der Waals surface area contributed by atoms with Gasteiger partial charge in [-0.1, -0.05) is 62.2 Å². The Labute approximate surface area is 322 Å². The average Bonchev–Trinajstić information content (AvgIpc) is 3.80. The first-order valence-electron chi connectivity index (χ1n) is 18.0. The topological polar surface area (TPSA) is 147 Å². The van der Waals surface area contributed by atoms with E-state index in [-0.39, 0.29) is 35.8 Å². The number of hydrogen-bond donors (Lipinski definition) is 2. The number of aliphatic hydroxyl groups is 1. The number of carbonyl (C=O) groups is 4. The monoisotopic (exact) mass is 777 g/mol. The lowest BCUT2D eigenvalue weighted by Gasteiger charge is -2.42. The van der Waals surface area contributed by atoms with Crippen molar-refractivity contribution in [3.05, 3.63) is 52.1 Å². The minimum Gasteiger partial charge on any atom is -0.457 e. The number of nitrogens with one attached hydrogen (secondary N) is 1. The Kier molecular flexibility index (Phi) is 13.5. The predicted octanol–water partition coefficient (Wildman–Crippen LogP) is 5.74. The van der Waals surface area contributed by atoms with E-state index in [0.29, 0.717) is 23.6 Å². The predicted molar refractivity (Wildman–Crippen MR) is 206 cm³/mol. The number of methoxy groups -OCH3 is 1. The Morgan fingerprint density at radius 3 is 2.58 bits per heavy atom. The highest BCUT2D eigenvalue weighted by Gasteiger charge is 2.64. The SMILES string of the molecule is COC1/C=C/C=C(\C)Cc2cc(C)c(Cl)c(c2)N(C)C(=O)CC(OC(=O)C(C)N(C)C(=O)CCC(C)(C)SC)C2(C)OC2C(C)C2CC1(O)NC(=O)O2. The van der Waals surface area contributed by atoms with Crippen molar-refractivity contribution in [2.45, 2.75) is 127 Å². The lowest BCUT2D eigenvalue weighted by molar-refractivity contribution is -0.162. The van der Waals surface area contributed by atoms with Crippen LogP contribution in [0.2, 0.25) is 5.02 Å². The third-order valence-electron chi connectivity index (χ3n) is 11.0. The molecule has 3 aliphatic rings. The summed E-state index contributed by atoms with van der Waals surface area (Å²) < 4.78 is 23.6. The van der Waals surface area contributed by atoms with Crippen LogP contribution in [-0.2, 0) is 39.8 Å². The highest BCUT2D eigenvalue weighted by Crippen LogP contribution is 2.49. The maximum Gasteiger partial charge on any atom is 0.409 e. The Bertz CT molecular complexity index is 1630. The molecule has 2 fully saturated rings. The summed E-state index contributed by atoms with van der Waals surface area (Å²) in [5.41, 5.74) is 0.199. The van der Waals surface area contributed by atoms with Crippen molar-refractivity contribution in [3.63, 3.8) is 0 Å². The summed E-state index contributed by atoms with van der Waals surface area (Å²) in [5, 5.41) is 14.7. The summed E-state index contributed by atoms with van der Waals surface area (Å²) in [6, 6.07) is 2.87. The maximum atomic E-state index is 14.1. The van der Waals surface area contributed by atoms with Crippen LogP contribution in [0.15, 0.2) is 35.9 Å². The number of thioether (sulfide) groups is 1. The molecule has 0 radical (unpaired) electrons. The number of carbonyl (C=O) groups excluding carboxylic acids is 4. The van der Waals surface area contributed by atoms with Crippen LogP contribution >= 0.6 is 23.4 Å². The van der Waals surface area contributed by atoms with Gasteiger partial charge in [-0.25, -0.2) is 9.59 Å². The molecule has 4 rings (SSSR count). The van der Waals surface area contributed by atoms with Crippen molar-refractivity contribution in [2.75, 3.05) is 32.4 Å². The van der Waals surface area contributed by atoms with Gasteiger partial charge in [-0.05, 0) is 64.0 Å². The summed E-state index contributed by atoms with van der Waals surface area (Å²) in [6.07, 6.45) is 4.16. The number of anilines is 1. The van der Waals surface area contributed by atoms with E-state index in [2.05, 4.69) is 19.2 Å². The van der Waals surface area contributed by atoms with Gasteiger partial charge in [0.25, 0.3) is 0 Å². The zero-order valence-corrected chi connectivity index (χ0v) is 34.4. The molecule has 12 nitrogen and oxygen atoms in total. The minimum absolute atomic E-state index is 0.0333. The number of alkyl carbamates (subject to hydrolysis) is 1. The number of epoxide rings is 1. The van der Waals surface area contributed by atoms with Gasteiger partial charge in [0.05, 0.1) is 23.2 Å². The lowest BCUT2D eigenvalue weighted by Crippen LogP contribution is -2.63. The van der Waals surface area contributed by atoms with Gasteiger partial charge in [0.2, 0.25) is 11.8 Å². The Morgan fingerprint density at radius 2 is 1.94 bits per heavy atom. The molecule has 3 amide bonds. The summed E-state index contributed by atoms with van der Waals surface area (Å²) in [5.74, 6) is -1.78. The number of likely N-dealkylation sites (N-methyl/N-ethyl adjacent to an activating group) is 1. The molecule has 14 heteroatoms. The number of rotatable bonds is 8. The quantitative estimate of drug-likeness (QED) is 0.248. The molecule has 53 heavy (non-hydrogen) atoms. The number of ether oxygens (including phenoxy) is 4. The minimum atomic E-state index is -1.81. The first-order chi connectivity index (χ1) is 24.7. The van der Waals surface area contributed by atoms with Crippen molar-refractivity contribution in [1.29, 1.82) is 0 Å². The average molecular weight is 778 g/mol.